The predicted octanol–water partition coefficient (Wildman–Crippen LogP) is 1.69. The number of nitrogens with zero attached hydrogens (tertiary/aromatic N) is 2. The first-order valence-electron chi connectivity index (χ1n) is 5.33. The van der Waals surface area contributed by atoms with Gasteiger partial charge >= 0.3 is 0 Å². The van der Waals surface area contributed by atoms with Gasteiger partial charge in [0.2, 0.25) is 0 Å². The lowest BCUT2D eigenvalue weighted by Crippen LogP contribution is -2.24. The highest BCUT2D eigenvalue weighted by molar-refractivity contribution is 5.84. The van der Waals surface area contributed by atoms with Crippen molar-refractivity contribution in [2.45, 2.75) is 19.9 Å². The van der Waals surface area contributed by atoms with E-state index in [9.17, 15) is 9.90 Å². The molecule has 90 valence electrons. The summed E-state index contributed by atoms with van der Waals surface area (Å²) in [6.07, 6.45) is 1.60. The van der Waals surface area contributed by atoms with Crippen LogP contribution in [0.4, 0.5) is 0 Å². The summed E-state index contributed by atoms with van der Waals surface area (Å²) in [5.74, 6) is 0.291. The average Bonchev–Trinajstić information content (AvgIpc) is 2.29. The van der Waals surface area contributed by atoms with Crippen LogP contribution in [-0.2, 0) is 0 Å². The number of aromatic nitrogens is 2. The molecule has 0 aliphatic carbocycles. The van der Waals surface area contributed by atoms with Crippen molar-refractivity contribution in [3.63, 3.8) is 0 Å². The summed E-state index contributed by atoms with van der Waals surface area (Å²) in [4.78, 5) is 12.1. The Morgan fingerprint density at radius 2 is 2.12 bits per heavy atom. The molecule has 0 atom stereocenters. The molecule has 1 aromatic carbocycles. The number of aromatic hydroxyl groups is 1. The van der Waals surface area contributed by atoms with Gasteiger partial charge in [-0.1, -0.05) is 0 Å². The molecule has 0 aliphatic heterocycles. The molecule has 5 heteroatoms. The maximum atomic E-state index is 12.1. The molecule has 0 fully saturated rings. The van der Waals surface area contributed by atoms with Gasteiger partial charge in [0.15, 0.2) is 11.5 Å². The number of phenolic OH excluding ortho intramolecular Hbond substituents is 1. The summed E-state index contributed by atoms with van der Waals surface area (Å²) < 4.78 is 6.37. The molecular formula is C12H14N2O3. The van der Waals surface area contributed by atoms with Crippen molar-refractivity contribution in [2.75, 3.05) is 7.11 Å². The van der Waals surface area contributed by atoms with E-state index < -0.39 is 0 Å². The summed E-state index contributed by atoms with van der Waals surface area (Å²) >= 11 is 0. The van der Waals surface area contributed by atoms with Crippen LogP contribution in [0.3, 0.4) is 0 Å². The molecule has 1 aromatic heterocycles. The molecule has 0 amide bonds. The summed E-state index contributed by atoms with van der Waals surface area (Å²) in [6, 6.07) is 3.00. The van der Waals surface area contributed by atoms with E-state index in [4.69, 9.17) is 4.74 Å². The third-order valence-electron chi connectivity index (χ3n) is 2.60. The van der Waals surface area contributed by atoms with Crippen molar-refractivity contribution >= 4 is 10.8 Å². The Balaban J connectivity index is 2.79. The van der Waals surface area contributed by atoms with E-state index in [1.54, 1.807) is 12.3 Å². The molecular weight excluding hydrogens is 220 g/mol. The Hall–Kier alpha value is -2.04. The number of ether oxygens (including phenoxy) is 1. The normalized spacial score (nSPS) is 11.1. The smallest absolute Gasteiger partial charge is 0.275 e. The van der Waals surface area contributed by atoms with Crippen LogP contribution in [0, 0.1) is 0 Å². The minimum atomic E-state index is -0.213. The van der Waals surface area contributed by atoms with E-state index in [-0.39, 0.29) is 17.4 Å². The first kappa shape index (κ1) is 11.4. The fraction of sp³-hybridized carbons (Fsp3) is 0.333. The molecule has 0 radical (unpaired) electrons. The minimum absolute atomic E-state index is 0.0175. The van der Waals surface area contributed by atoms with Crippen molar-refractivity contribution in [1.82, 2.24) is 9.78 Å². The Morgan fingerprint density at radius 3 is 2.71 bits per heavy atom. The first-order chi connectivity index (χ1) is 8.04. The second-order valence-corrected chi connectivity index (χ2v) is 4.10. The number of rotatable bonds is 2. The van der Waals surface area contributed by atoms with Gasteiger partial charge < -0.3 is 9.84 Å². The predicted molar refractivity (Wildman–Crippen MR) is 64.6 cm³/mol. The average molecular weight is 234 g/mol. The van der Waals surface area contributed by atoms with E-state index in [0.717, 1.165) is 0 Å². The molecule has 5 nitrogen and oxygen atoms in total. The highest BCUT2D eigenvalue weighted by Gasteiger charge is 2.10. The molecule has 0 bridgehead atoms. The van der Waals surface area contributed by atoms with Gasteiger partial charge in [-0.05, 0) is 26.0 Å². The molecule has 2 rings (SSSR count). The van der Waals surface area contributed by atoms with Gasteiger partial charge in [-0.25, -0.2) is 4.68 Å². The van der Waals surface area contributed by atoms with E-state index in [0.29, 0.717) is 16.5 Å². The number of methoxy groups -OCH3 is 1. The quantitative estimate of drug-likeness (QED) is 0.858. The standard InChI is InChI=1S/C12H14N2O3/c1-7(2)14-12(16)9-5-10(15)11(17-3)4-8(9)6-13-14/h4-7,15H,1-3H3. The monoisotopic (exact) mass is 234 g/mol. The van der Waals surface area contributed by atoms with Crippen molar-refractivity contribution in [3.8, 4) is 11.5 Å². The highest BCUT2D eigenvalue weighted by atomic mass is 16.5. The summed E-state index contributed by atoms with van der Waals surface area (Å²) in [6.45, 7) is 3.76. The van der Waals surface area contributed by atoms with Crippen molar-refractivity contribution in [3.05, 3.63) is 28.7 Å². The SMILES string of the molecule is COc1cc2cnn(C(C)C)c(=O)c2cc1O. The van der Waals surface area contributed by atoms with Crippen molar-refractivity contribution in [1.29, 1.82) is 0 Å². The molecule has 0 aliphatic rings. The summed E-state index contributed by atoms with van der Waals surface area (Å²) in [5, 5.41) is 14.8. The van der Waals surface area contributed by atoms with Gasteiger partial charge in [-0.3, -0.25) is 4.79 Å². The fourth-order valence-electron chi connectivity index (χ4n) is 1.71. The Labute approximate surface area is 98.3 Å². The van der Waals surface area contributed by atoms with Gasteiger partial charge in [0.1, 0.15) is 0 Å². The molecule has 17 heavy (non-hydrogen) atoms. The number of hydrogen-bond acceptors (Lipinski definition) is 4. The van der Waals surface area contributed by atoms with Crippen LogP contribution in [-0.4, -0.2) is 22.0 Å². The lowest BCUT2D eigenvalue weighted by molar-refractivity contribution is 0.374. The van der Waals surface area contributed by atoms with Gasteiger partial charge in [0, 0.05) is 5.39 Å². The van der Waals surface area contributed by atoms with Crippen LogP contribution in [0.15, 0.2) is 23.1 Å². The Bertz CT molecular complexity index is 617. The van der Waals surface area contributed by atoms with Gasteiger partial charge in [-0.15, -0.1) is 0 Å². The van der Waals surface area contributed by atoms with Crippen LogP contribution in [0.2, 0.25) is 0 Å². The maximum Gasteiger partial charge on any atom is 0.275 e. The zero-order valence-electron chi connectivity index (χ0n) is 9.97. The van der Waals surface area contributed by atoms with Crippen LogP contribution in [0.5, 0.6) is 11.5 Å². The summed E-state index contributed by atoms with van der Waals surface area (Å²) in [7, 11) is 1.46. The molecule has 1 N–H and O–H groups in total. The molecule has 0 spiro atoms. The Kier molecular flexibility index (Phi) is 2.75. The lowest BCUT2D eigenvalue weighted by atomic mass is 10.1. The largest absolute Gasteiger partial charge is 0.504 e. The third-order valence-corrected chi connectivity index (χ3v) is 2.60. The zero-order chi connectivity index (χ0) is 12.6. The molecule has 0 saturated heterocycles. The topological polar surface area (TPSA) is 64.4 Å². The first-order valence-corrected chi connectivity index (χ1v) is 5.33. The van der Waals surface area contributed by atoms with Gasteiger partial charge in [-0.2, -0.15) is 5.10 Å². The third kappa shape index (κ3) is 1.84. The highest BCUT2D eigenvalue weighted by Crippen LogP contribution is 2.29. The zero-order valence-corrected chi connectivity index (χ0v) is 9.97. The fourth-order valence-corrected chi connectivity index (χ4v) is 1.71. The summed E-state index contributed by atoms with van der Waals surface area (Å²) in [5.41, 5.74) is -0.213. The van der Waals surface area contributed by atoms with Crippen LogP contribution in [0.1, 0.15) is 19.9 Å². The number of phenols is 1. The van der Waals surface area contributed by atoms with Gasteiger partial charge in [0.05, 0.1) is 24.7 Å². The van der Waals surface area contributed by atoms with Crippen molar-refractivity contribution in [2.24, 2.45) is 0 Å². The molecule has 1 heterocycles. The van der Waals surface area contributed by atoms with E-state index in [2.05, 4.69) is 5.10 Å². The second-order valence-electron chi connectivity index (χ2n) is 4.10. The van der Waals surface area contributed by atoms with E-state index in [1.165, 1.54) is 17.9 Å². The maximum absolute atomic E-state index is 12.1. The lowest BCUT2D eigenvalue weighted by Gasteiger charge is -2.10. The molecule has 0 unspecified atom stereocenters. The number of benzene rings is 1. The van der Waals surface area contributed by atoms with Crippen molar-refractivity contribution < 1.29 is 9.84 Å². The Morgan fingerprint density at radius 1 is 1.41 bits per heavy atom. The minimum Gasteiger partial charge on any atom is -0.504 e. The number of fused-ring (bicyclic) bond motifs is 1. The van der Waals surface area contributed by atoms with E-state index >= 15 is 0 Å². The molecule has 2 aromatic rings. The van der Waals surface area contributed by atoms with Crippen LogP contribution in [0.25, 0.3) is 10.8 Å². The van der Waals surface area contributed by atoms with Crippen LogP contribution < -0.4 is 10.3 Å². The van der Waals surface area contributed by atoms with Crippen LogP contribution >= 0.6 is 0 Å². The number of hydrogen-bond donors (Lipinski definition) is 1. The second kappa shape index (κ2) is 4.08. The van der Waals surface area contributed by atoms with Gasteiger partial charge in [0.25, 0.3) is 5.56 Å². The molecule has 0 saturated carbocycles. The van der Waals surface area contributed by atoms with E-state index in [1.807, 2.05) is 13.8 Å².